The molecule has 0 saturated heterocycles. The zero-order valence-corrected chi connectivity index (χ0v) is 13.6. The van der Waals surface area contributed by atoms with Crippen molar-refractivity contribution in [1.29, 1.82) is 0 Å². The smallest absolute Gasteiger partial charge is 0.206 e. The lowest BCUT2D eigenvalue weighted by atomic mass is 10.2. The van der Waals surface area contributed by atoms with E-state index in [1.807, 2.05) is 48.1 Å². The van der Waals surface area contributed by atoms with Crippen molar-refractivity contribution in [3.63, 3.8) is 0 Å². The summed E-state index contributed by atoms with van der Waals surface area (Å²) in [6, 6.07) is 18.1. The number of benzene rings is 2. The quantitative estimate of drug-likeness (QED) is 0.591. The van der Waals surface area contributed by atoms with Crippen molar-refractivity contribution in [3.05, 3.63) is 66.9 Å². The maximum absolute atomic E-state index is 12.3. The molecule has 0 saturated carbocycles. The zero-order valence-electron chi connectivity index (χ0n) is 11.9. The Morgan fingerprint density at radius 2 is 1.64 bits per heavy atom. The van der Waals surface area contributed by atoms with E-state index in [0.29, 0.717) is 0 Å². The Morgan fingerprint density at radius 3 is 2.41 bits per heavy atom. The third kappa shape index (κ3) is 2.99. The largest absolute Gasteiger partial charge is 0.250 e. The van der Waals surface area contributed by atoms with Gasteiger partial charge in [0.05, 0.1) is 10.3 Å². The summed E-state index contributed by atoms with van der Waals surface area (Å²) in [7, 11) is -1.57. The van der Waals surface area contributed by atoms with Gasteiger partial charge >= 0.3 is 0 Å². The molecule has 0 spiro atoms. The average molecular weight is 331 g/mol. The highest BCUT2D eigenvalue weighted by Crippen LogP contribution is 2.25. The number of aromatic nitrogens is 1. The fourth-order valence-corrected chi connectivity index (χ4v) is 4.29. The highest BCUT2D eigenvalue weighted by Gasteiger charge is 2.16. The van der Waals surface area contributed by atoms with Gasteiger partial charge in [0.1, 0.15) is 7.05 Å². The van der Waals surface area contributed by atoms with Gasteiger partial charge in [-0.15, -0.1) is 4.13 Å². The van der Waals surface area contributed by atoms with Crippen molar-refractivity contribution in [3.8, 4) is 0 Å². The van der Waals surface area contributed by atoms with E-state index in [1.165, 1.54) is 0 Å². The Kier molecular flexibility index (Phi) is 4.15. The molecule has 0 radical (unpaired) electrons. The van der Waals surface area contributed by atoms with Crippen molar-refractivity contribution in [2.24, 2.45) is 7.05 Å². The Labute approximate surface area is 134 Å². The number of hydrogen-bond acceptors (Lipinski definition) is 3. The molecule has 2 aromatic carbocycles. The molecule has 0 atom stereocenters. The van der Waals surface area contributed by atoms with Crippen molar-refractivity contribution in [2.75, 3.05) is 0 Å². The molecule has 0 bridgehead atoms. The van der Waals surface area contributed by atoms with Crippen LogP contribution in [0, 0.1) is 0 Å². The standard InChI is InChI=1S/C16H15N2O2S2/c1-18-12-11-16(14-9-5-6-10-15(14)18)21-17-22(19,20)13-7-3-2-4-8-13/h2-12,17H,1H3/q+1. The lowest BCUT2D eigenvalue weighted by Crippen LogP contribution is -2.28. The lowest BCUT2D eigenvalue weighted by Gasteiger charge is -2.07. The molecular formula is C16H15N2O2S2+. The fourth-order valence-electron chi connectivity index (χ4n) is 2.18. The van der Waals surface area contributed by atoms with Crippen LogP contribution in [0.5, 0.6) is 0 Å². The fraction of sp³-hybridized carbons (Fsp3) is 0.0625. The number of sulfonamides is 1. The number of fused-ring (bicyclic) bond motifs is 1. The summed E-state index contributed by atoms with van der Waals surface area (Å²) < 4.78 is 29.1. The van der Waals surface area contributed by atoms with Crippen LogP contribution in [0.25, 0.3) is 10.9 Å². The maximum Gasteiger partial charge on any atom is 0.250 e. The van der Waals surface area contributed by atoms with E-state index in [-0.39, 0.29) is 4.90 Å². The summed E-state index contributed by atoms with van der Waals surface area (Å²) in [6.45, 7) is 0. The van der Waals surface area contributed by atoms with Gasteiger partial charge in [0, 0.05) is 17.0 Å². The number of pyridine rings is 1. The van der Waals surface area contributed by atoms with E-state index in [1.54, 1.807) is 30.3 Å². The monoisotopic (exact) mass is 331 g/mol. The summed E-state index contributed by atoms with van der Waals surface area (Å²) >= 11 is 1.11. The van der Waals surface area contributed by atoms with Gasteiger partial charge in [0.15, 0.2) is 6.20 Å². The van der Waals surface area contributed by atoms with Crippen LogP contribution < -0.4 is 8.69 Å². The lowest BCUT2D eigenvalue weighted by molar-refractivity contribution is -0.645. The second-order valence-electron chi connectivity index (χ2n) is 4.81. The molecule has 3 aromatic rings. The minimum absolute atomic E-state index is 0.258. The molecule has 3 rings (SSSR count). The van der Waals surface area contributed by atoms with Gasteiger partial charge in [0.2, 0.25) is 15.5 Å². The van der Waals surface area contributed by atoms with Gasteiger partial charge in [-0.25, -0.2) is 13.0 Å². The van der Waals surface area contributed by atoms with E-state index in [2.05, 4.69) is 4.13 Å². The van der Waals surface area contributed by atoms with Crippen molar-refractivity contribution in [2.45, 2.75) is 9.79 Å². The highest BCUT2D eigenvalue weighted by molar-refractivity contribution is 8.09. The number of aryl methyl sites for hydroxylation is 1. The third-order valence-electron chi connectivity index (χ3n) is 3.31. The summed E-state index contributed by atoms with van der Waals surface area (Å²) in [4.78, 5) is 1.13. The first-order valence-corrected chi connectivity index (χ1v) is 8.99. The first-order chi connectivity index (χ1) is 10.6. The Balaban J connectivity index is 1.91. The average Bonchev–Trinajstić information content (AvgIpc) is 2.55. The van der Waals surface area contributed by atoms with Gasteiger partial charge in [-0.3, -0.25) is 0 Å². The van der Waals surface area contributed by atoms with Crippen molar-refractivity contribution >= 4 is 32.9 Å². The second kappa shape index (κ2) is 6.08. The number of nitrogens with zero attached hydrogens (tertiary/aromatic N) is 1. The van der Waals surface area contributed by atoms with Crippen LogP contribution in [0.1, 0.15) is 0 Å². The molecule has 0 amide bonds. The van der Waals surface area contributed by atoms with E-state index in [4.69, 9.17) is 0 Å². The predicted molar refractivity (Wildman–Crippen MR) is 87.7 cm³/mol. The molecule has 0 unspecified atom stereocenters. The molecule has 1 N–H and O–H groups in total. The van der Waals surface area contributed by atoms with E-state index in [0.717, 1.165) is 27.7 Å². The molecule has 6 heteroatoms. The van der Waals surface area contributed by atoms with Crippen LogP contribution in [0.15, 0.2) is 76.7 Å². The topological polar surface area (TPSA) is 50.1 Å². The number of rotatable bonds is 4. The Hall–Kier alpha value is -1.89. The summed E-state index contributed by atoms with van der Waals surface area (Å²) in [5.74, 6) is 0. The van der Waals surface area contributed by atoms with Gasteiger partial charge in [-0.2, -0.15) is 0 Å². The van der Waals surface area contributed by atoms with Gasteiger partial charge in [0.25, 0.3) is 0 Å². The number of para-hydroxylation sites is 1. The summed E-state index contributed by atoms with van der Waals surface area (Å²) in [6.07, 6.45) is 1.92. The molecule has 22 heavy (non-hydrogen) atoms. The zero-order chi connectivity index (χ0) is 15.6. The summed E-state index contributed by atoms with van der Waals surface area (Å²) in [5, 5.41) is 1.01. The first-order valence-electron chi connectivity index (χ1n) is 6.69. The van der Waals surface area contributed by atoms with Gasteiger partial charge < -0.3 is 0 Å². The third-order valence-corrected chi connectivity index (χ3v) is 5.99. The maximum atomic E-state index is 12.3. The van der Waals surface area contributed by atoms with Crippen LogP contribution in [0.4, 0.5) is 0 Å². The first kappa shape index (κ1) is 15.0. The van der Waals surface area contributed by atoms with Crippen LogP contribution in [-0.4, -0.2) is 8.42 Å². The summed E-state index contributed by atoms with van der Waals surface area (Å²) in [5.41, 5.74) is 1.05. The molecule has 0 aliphatic heterocycles. The Bertz CT molecular complexity index is 910. The predicted octanol–water partition coefficient (Wildman–Crippen LogP) is 2.65. The Morgan fingerprint density at radius 1 is 0.955 bits per heavy atom. The molecule has 1 aromatic heterocycles. The van der Waals surface area contributed by atoms with E-state index in [9.17, 15) is 8.42 Å². The molecule has 0 aliphatic carbocycles. The molecular weight excluding hydrogens is 316 g/mol. The number of hydrogen-bond donors (Lipinski definition) is 1. The molecule has 1 heterocycles. The molecule has 0 aliphatic rings. The normalized spacial score (nSPS) is 11.7. The van der Waals surface area contributed by atoms with Crippen LogP contribution in [0.3, 0.4) is 0 Å². The van der Waals surface area contributed by atoms with Crippen LogP contribution in [-0.2, 0) is 17.1 Å². The molecule has 0 fully saturated rings. The minimum Gasteiger partial charge on any atom is -0.206 e. The van der Waals surface area contributed by atoms with Gasteiger partial charge in [-0.1, -0.05) is 30.3 Å². The highest BCUT2D eigenvalue weighted by atomic mass is 32.3. The van der Waals surface area contributed by atoms with E-state index >= 15 is 0 Å². The second-order valence-corrected chi connectivity index (χ2v) is 7.60. The minimum atomic E-state index is -3.53. The van der Waals surface area contributed by atoms with Gasteiger partial charge in [-0.05, 0) is 30.1 Å². The van der Waals surface area contributed by atoms with Crippen molar-refractivity contribution in [1.82, 2.24) is 4.13 Å². The van der Waals surface area contributed by atoms with Crippen LogP contribution in [0.2, 0.25) is 0 Å². The van der Waals surface area contributed by atoms with E-state index < -0.39 is 10.0 Å². The SMILES string of the molecule is C[n+]1ccc(SNS(=O)(=O)c2ccccc2)c2ccccc21. The molecule has 112 valence electrons. The van der Waals surface area contributed by atoms with Crippen molar-refractivity contribution < 1.29 is 13.0 Å². The number of nitrogens with one attached hydrogen (secondary N) is 1. The molecule has 4 nitrogen and oxygen atoms in total. The van der Waals surface area contributed by atoms with Crippen LogP contribution >= 0.6 is 11.9 Å².